The quantitative estimate of drug-likeness (QED) is 0.816. The van der Waals surface area contributed by atoms with Crippen LogP contribution in [-0.2, 0) is 0 Å². The minimum absolute atomic E-state index is 0.0961. The number of hydrogen-bond donors (Lipinski definition) is 1. The maximum atomic E-state index is 13.7. The van der Waals surface area contributed by atoms with E-state index in [9.17, 15) is 4.39 Å². The smallest absolute Gasteiger partial charge is 0.140 e. The van der Waals surface area contributed by atoms with Crippen LogP contribution in [0.25, 0.3) is 0 Å². The molecule has 1 heterocycles. The summed E-state index contributed by atoms with van der Waals surface area (Å²) in [5, 5.41) is 3.30. The summed E-state index contributed by atoms with van der Waals surface area (Å²) in [7, 11) is 0. The fourth-order valence-electron chi connectivity index (χ4n) is 1.95. The van der Waals surface area contributed by atoms with Crippen molar-refractivity contribution >= 4 is 15.9 Å². The lowest BCUT2D eigenvalue weighted by Crippen LogP contribution is -2.28. The van der Waals surface area contributed by atoms with Crippen LogP contribution in [-0.4, -0.2) is 13.1 Å². The molecule has 14 heavy (non-hydrogen) atoms. The van der Waals surface area contributed by atoms with Gasteiger partial charge < -0.3 is 5.32 Å². The van der Waals surface area contributed by atoms with Crippen molar-refractivity contribution in [3.8, 4) is 0 Å². The highest BCUT2D eigenvalue weighted by Crippen LogP contribution is 2.28. The molecule has 0 aliphatic carbocycles. The first-order valence-electron chi connectivity index (χ1n) is 4.93. The molecule has 76 valence electrons. The first-order valence-corrected chi connectivity index (χ1v) is 5.73. The molecule has 0 spiro atoms. The van der Waals surface area contributed by atoms with Gasteiger partial charge in [0.1, 0.15) is 5.82 Å². The maximum Gasteiger partial charge on any atom is 0.140 e. The largest absolute Gasteiger partial charge is 0.316 e. The van der Waals surface area contributed by atoms with Crippen LogP contribution in [0.5, 0.6) is 0 Å². The van der Waals surface area contributed by atoms with Gasteiger partial charge >= 0.3 is 0 Å². The van der Waals surface area contributed by atoms with Gasteiger partial charge in [0.2, 0.25) is 0 Å². The molecular weight excluding hydrogens is 245 g/mol. The van der Waals surface area contributed by atoms with E-state index in [1.165, 1.54) is 0 Å². The molecular formula is C11H13BrFN. The van der Waals surface area contributed by atoms with Gasteiger partial charge in [-0.25, -0.2) is 4.39 Å². The van der Waals surface area contributed by atoms with E-state index in [1.807, 2.05) is 12.1 Å². The molecule has 1 atom stereocenters. The summed E-state index contributed by atoms with van der Waals surface area (Å²) in [4.78, 5) is 0. The Morgan fingerprint density at radius 1 is 1.43 bits per heavy atom. The molecule has 0 unspecified atom stereocenters. The number of halogens is 2. The second kappa shape index (κ2) is 4.41. The lowest BCUT2D eigenvalue weighted by molar-refractivity contribution is 0.445. The van der Waals surface area contributed by atoms with Crippen LogP contribution in [0.2, 0.25) is 0 Å². The molecule has 1 aromatic carbocycles. The topological polar surface area (TPSA) is 12.0 Å². The summed E-state index contributed by atoms with van der Waals surface area (Å²) in [6.45, 7) is 1.96. The Hall–Kier alpha value is -0.410. The summed E-state index contributed by atoms with van der Waals surface area (Å²) in [6.07, 6.45) is 2.22. The average molecular weight is 258 g/mol. The summed E-state index contributed by atoms with van der Waals surface area (Å²) >= 11 is 3.22. The number of benzene rings is 1. The van der Waals surface area contributed by atoms with Crippen LogP contribution in [0.3, 0.4) is 0 Å². The van der Waals surface area contributed by atoms with Crippen molar-refractivity contribution in [2.75, 3.05) is 13.1 Å². The highest BCUT2D eigenvalue weighted by Gasteiger charge is 2.19. The molecule has 2 rings (SSSR count). The van der Waals surface area contributed by atoms with Gasteiger partial charge in [0.15, 0.2) is 0 Å². The van der Waals surface area contributed by atoms with Crippen molar-refractivity contribution in [2.24, 2.45) is 0 Å². The van der Waals surface area contributed by atoms with E-state index in [0.717, 1.165) is 31.5 Å². The van der Waals surface area contributed by atoms with Gasteiger partial charge in [-0.15, -0.1) is 0 Å². The van der Waals surface area contributed by atoms with Crippen molar-refractivity contribution in [3.05, 3.63) is 34.1 Å². The second-order valence-corrected chi connectivity index (χ2v) is 4.54. The molecule has 1 saturated heterocycles. The maximum absolute atomic E-state index is 13.7. The molecule has 0 amide bonds. The fourth-order valence-corrected chi connectivity index (χ4v) is 2.33. The van der Waals surface area contributed by atoms with Gasteiger partial charge in [-0.2, -0.15) is 0 Å². The number of nitrogens with one attached hydrogen (secondary N) is 1. The van der Waals surface area contributed by atoms with E-state index in [0.29, 0.717) is 10.4 Å². The van der Waals surface area contributed by atoms with Crippen LogP contribution in [0, 0.1) is 5.82 Å². The zero-order valence-corrected chi connectivity index (χ0v) is 9.48. The lowest BCUT2D eigenvalue weighted by atomic mass is 9.91. The van der Waals surface area contributed by atoms with E-state index in [4.69, 9.17) is 0 Å². The monoisotopic (exact) mass is 257 g/mol. The Balaban J connectivity index is 2.26. The summed E-state index contributed by atoms with van der Waals surface area (Å²) < 4.78 is 14.3. The number of hydrogen-bond acceptors (Lipinski definition) is 1. The van der Waals surface area contributed by atoms with Crippen LogP contribution in [0.15, 0.2) is 22.7 Å². The molecule has 1 aromatic rings. The van der Waals surface area contributed by atoms with E-state index < -0.39 is 0 Å². The zero-order valence-electron chi connectivity index (χ0n) is 7.89. The predicted octanol–water partition coefficient (Wildman–Crippen LogP) is 3.06. The van der Waals surface area contributed by atoms with Gasteiger partial charge in [0, 0.05) is 6.54 Å². The van der Waals surface area contributed by atoms with E-state index in [-0.39, 0.29) is 5.82 Å². The third kappa shape index (κ3) is 1.98. The van der Waals surface area contributed by atoms with E-state index in [2.05, 4.69) is 21.2 Å². The van der Waals surface area contributed by atoms with Crippen LogP contribution in [0.1, 0.15) is 24.3 Å². The first-order chi connectivity index (χ1) is 6.79. The van der Waals surface area contributed by atoms with Crippen molar-refractivity contribution in [3.63, 3.8) is 0 Å². The molecule has 0 radical (unpaired) electrons. The predicted molar refractivity (Wildman–Crippen MR) is 58.9 cm³/mol. The van der Waals surface area contributed by atoms with Crippen molar-refractivity contribution in [1.82, 2.24) is 5.32 Å². The van der Waals surface area contributed by atoms with Crippen molar-refractivity contribution in [2.45, 2.75) is 18.8 Å². The SMILES string of the molecule is Fc1c(Br)cccc1[C@H]1CCCNC1. The molecule has 0 aromatic heterocycles. The van der Waals surface area contributed by atoms with E-state index in [1.54, 1.807) is 6.07 Å². The highest BCUT2D eigenvalue weighted by atomic mass is 79.9. The average Bonchev–Trinajstić information content (AvgIpc) is 2.23. The first kappa shape index (κ1) is 10.1. The molecule has 1 nitrogen and oxygen atoms in total. The molecule has 1 N–H and O–H groups in total. The highest BCUT2D eigenvalue weighted by molar-refractivity contribution is 9.10. The Kier molecular flexibility index (Phi) is 3.19. The summed E-state index contributed by atoms with van der Waals surface area (Å²) in [5.74, 6) is 0.238. The van der Waals surface area contributed by atoms with Gasteiger partial charge in [0.25, 0.3) is 0 Å². The molecule has 1 fully saturated rings. The number of rotatable bonds is 1. The van der Waals surface area contributed by atoms with Crippen molar-refractivity contribution in [1.29, 1.82) is 0 Å². The minimum Gasteiger partial charge on any atom is -0.316 e. The lowest BCUT2D eigenvalue weighted by Gasteiger charge is -2.23. The summed E-state index contributed by atoms with van der Waals surface area (Å²) in [6, 6.07) is 5.53. The minimum atomic E-state index is -0.0961. The van der Waals surface area contributed by atoms with Crippen molar-refractivity contribution < 1.29 is 4.39 Å². The molecule has 3 heteroatoms. The molecule has 0 bridgehead atoms. The Morgan fingerprint density at radius 3 is 3.00 bits per heavy atom. The molecule has 0 saturated carbocycles. The Morgan fingerprint density at radius 2 is 2.29 bits per heavy atom. The Labute approximate surface area is 91.8 Å². The van der Waals surface area contributed by atoms with Crippen LogP contribution in [0.4, 0.5) is 4.39 Å². The normalized spacial score (nSPS) is 22.3. The fraction of sp³-hybridized carbons (Fsp3) is 0.455. The van der Waals surface area contributed by atoms with Gasteiger partial charge in [-0.1, -0.05) is 12.1 Å². The van der Waals surface area contributed by atoms with Crippen LogP contribution < -0.4 is 5.32 Å². The third-order valence-corrected chi connectivity index (χ3v) is 3.33. The molecule has 1 aliphatic rings. The van der Waals surface area contributed by atoms with Gasteiger partial charge in [-0.3, -0.25) is 0 Å². The van der Waals surface area contributed by atoms with Gasteiger partial charge in [0.05, 0.1) is 4.47 Å². The zero-order chi connectivity index (χ0) is 9.97. The summed E-state index contributed by atoms with van der Waals surface area (Å²) in [5.41, 5.74) is 0.839. The Bertz CT molecular complexity index is 321. The van der Waals surface area contributed by atoms with Crippen LogP contribution >= 0.6 is 15.9 Å². The third-order valence-electron chi connectivity index (χ3n) is 2.72. The van der Waals surface area contributed by atoms with E-state index >= 15 is 0 Å². The standard InChI is InChI=1S/C11H13BrFN/c12-10-5-1-4-9(11(10)13)8-3-2-6-14-7-8/h1,4-5,8,14H,2-3,6-7H2/t8-/m0/s1. The molecule has 1 aliphatic heterocycles. The second-order valence-electron chi connectivity index (χ2n) is 3.69. The number of piperidine rings is 1. The van der Waals surface area contributed by atoms with Gasteiger partial charge in [-0.05, 0) is 52.9 Å².